The lowest BCUT2D eigenvalue weighted by atomic mass is 9.73. The number of hydrogen-bond acceptors (Lipinski definition) is 4. The molecule has 2 rings (SSSR count). The van der Waals surface area contributed by atoms with Gasteiger partial charge in [0.1, 0.15) is 0 Å². The van der Waals surface area contributed by atoms with Crippen LogP contribution in [0.3, 0.4) is 0 Å². The van der Waals surface area contributed by atoms with Crippen LogP contribution < -0.4 is 5.32 Å². The molecule has 0 bridgehead atoms. The van der Waals surface area contributed by atoms with E-state index in [2.05, 4.69) is 43.2 Å². The Balaban J connectivity index is 1.85. The lowest BCUT2D eigenvalue weighted by molar-refractivity contribution is 0.173. The van der Waals surface area contributed by atoms with Crippen LogP contribution in [0.1, 0.15) is 65.1 Å². The van der Waals surface area contributed by atoms with Crippen molar-refractivity contribution in [1.82, 2.24) is 15.5 Å². The van der Waals surface area contributed by atoms with Crippen molar-refractivity contribution in [3.05, 3.63) is 11.7 Å². The smallest absolute Gasteiger partial charge is 0.246 e. The number of aromatic nitrogens is 2. The lowest BCUT2D eigenvalue weighted by Gasteiger charge is -2.35. The van der Waals surface area contributed by atoms with Gasteiger partial charge in [0.2, 0.25) is 5.89 Å². The van der Waals surface area contributed by atoms with E-state index in [-0.39, 0.29) is 5.54 Å². The highest BCUT2D eigenvalue weighted by molar-refractivity contribution is 4.98. The zero-order valence-corrected chi connectivity index (χ0v) is 12.9. The summed E-state index contributed by atoms with van der Waals surface area (Å²) in [4.78, 5) is 4.33. The average molecular weight is 265 g/mol. The maximum atomic E-state index is 5.28. The molecule has 1 saturated carbocycles. The molecule has 1 aliphatic carbocycles. The third kappa shape index (κ3) is 3.78. The van der Waals surface area contributed by atoms with Gasteiger partial charge >= 0.3 is 0 Å². The zero-order valence-electron chi connectivity index (χ0n) is 12.9. The van der Waals surface area contributed by atoms with Crippen LogP contribution in [0.4, 0.5) is 0 Å². The third-order valence-corrected chi connectivity index (χ3v) is 4.35. The Morgan fingerprint density at radius 3 is 2.47 bits per heavy atom. The largest absolute Gasteiger partial charge is 0.337 e. The maximum Gasteiger partial charge on any atom is 0.246 e. The molecule has 0 radical (unpaired) electrons. The van der Waals surface area contributed by atoms with Gasteiger partial charge in [-0.2, -0.15) is 4.98 Å². The van der Waals surface area contributed by atoms with Crippen LogP contribution in [0.15, 0.2) is 4.52 Å². The summed E-state index contributed by atoms with van der Waals surface area (Å²) in [5.74, 6) is 2.15. The van der Waals surface area contributed by atoms with Crippen LogP contribution in [0.2, 0.25) is 0 Å². The van der Waals surface area contributed by atoms with Crippen LogP contribution in [-0.2, 0) is 5.54 Å². The molecule has 1 N–H and O–H groups in total. The molecular formula is C15H27N3O. The van der Waals surface area contributed by atoms with Crippen molar-refractivity contribution in [2.24, 2.45) is 11.3 Å². The molecule has 4 nitrogen and oxygen atoms in total. The van der Waals surface area contributed by atoms with Crippen molar-refractivity contribution in [3.8, 4) is 0 Å². The van der Waals surface area contributed by atoms with E-state index in [4.69, 9.17) is 4.52 Å². The summed E-state index contributed by atoms with van der Waals surface area (Å²) in [6.07, 6.45) is 5.30. The van der Waals surface area contributed by atoms with Crippen LogP contribution in [0.25, 0.3) is 0 Å². The zero-order chi connectivity index (χ0) is 14.1. The van der Waals surface area contributed by atoms with E-state index < -0.39 is 0 Å². The van der Waals surface area contributed by atoms with Crippen LogP contribution in [-0.4, -0.2) is 16.7 Å². The Kier molecular flexibility index (Phi) is 4.00. The molecule has 0 saturated heterocycles. The third-order valence-electron chi connectivity index (χ3n) is 4.35. The van der Waals surface area contributed by atoms with E-state index in [0.717, 1.165) is 12.5 Å². The molecule has 0 aromatic carbocycles. The van der Waals surface area contributed by atoms with E-state index in [1.807, 2.05) is 6.92 Å². The maximum absolute atomic E-state index is 5.28. The SMILES string of the molecule is Cc1noc(C(C)(C)NCC2CCC(C)(C)CC2)n1. The van der Waals surface area contributed by atoms with Crippen molar-refractivity contribution in [2.45, 2.75) is 65.8 Å². The Bertz CT molecular complexity index is 413. The molecule has 108 valence electrons. The Morgan fingerprint density at radius 1 is 1.32 bits per heavy atom. The van der Waals surface area contributed by atoms with Gasteiger partial charge in [-0.15, -0.1) is 0 Å². The van der Waals surface area contributed by atoms with Crippen LogP contribution in [0.5, 0.6) is 0 Å². The summed E-state index contributed by atoms with van der Waals surface area (Å²) in [6.45, 7) is 11.8. The van der Waals surface area contributed by atoms with Crippen molar-refractivity contribution < 1.29 is 4.52 Å². The molecule has 1 aliphatic rings. The summed E-state index contributed by atoms with van der Waals surface area (Å²) >= 11 is 0. The molecule has 1 fully saturated rings. The number of nitrogens with zero attached hydrogens (tertiary/aromatic N) is 2. The minimum Gasteiger partial charge on any atom is -0.337 e. The molecule has 1 aromatic rings. The second-order valence-corrected chi connectivity index (χ2v) is 7.26. The molecule has 19 heavy (non-hydrogen) atoms. The molecule has 0 unspecified atom stereocenters. The topological polar surface area (TPSA) is 51.0 Å². The Labute approximate surface area is 116 Å². The minimum atomic E-state index is -0.242. The summed E-state index contributed by atoms with van der Waals surface area (Å²) < 4.78 is 5.28. The highest BCUT2D eigenvalue weighted by atomic mass is 16.5. The number of nitrogens with one attached hydrogen (secondary N) is 1. The van der Waals surface area contributed by atoms with Gasteiger partial charge in [0.05, 0.1) is 5.54 Å². The van der Waals surface area contributed by atoms with E-state index in [0.29, 0.717) is 17.1 Å². The second kappa shape index (κ2) is 5.23. The predicted molar refractivity (Wildman–Crippen MR) is 75.8 cm³/mol. The van der Waals surface area contributed by atoms with Crippen molar-refractivity contribution in [1.29, 1.82) is 0 Å². The van der Waals surface area contributed by atoms with E-state index in [1.165, 1.54) is 25.7 Å². The molecule has 1 heterocycles. The van der Waals surface area contributed by atoms with Crippen LogP contribution in [0, 0.1) is 18.3 Å². The molecule has 0 atom stereocenters. The van der Waals surface area contributed by atoms with Gasteiger partial charge in [-0.3, -0.25) is 0 Å². The first-order chi connectivity index (χ1) is 8.78. The molecule has 0 amide bonds. The number of rotatable bonds is 4. The molecule has 0 spiro atoms. The molecule has 4 heteroatoms. The van der Waals surface area contributed by atoms with Crippen molar-refractivity contribution in [2.75, 3.05) is 6.54 Å². The number of hydrogen-bond donors (Lipinski definition) is 1. The van der Waals surface area contributed by atoms with Gasteiger partial charge in [0, 0.05) is 0 Å². The Hall–Kier alpha value is -0.900. The van der Waals surface area contributed by atoms with Gasteiger partial charge < -0.3 is 9.84 Å². The fourth-order valence-corrected chi connectivity index (χ4v) is 2.69. The van der Waals surface area contributed by atoms with Crippen molar-refractivity contribution in [3.63, 3.8) is 0 Å². The summed E-state index contributed by atoms with van der Waals surface area (Å²) in [5.41, 5.74) is 0.295. The normalized spacial score (nSPS) is 20.7. The van der Waals surface area contributed by atoms with Gasteiger partial charge in [-0.05, 0) is 64.3 Å². The van der Waals surface area contributed by atoms with Gasteiger partial charge in [0.25, 0.3) is 0 Å². The Morgan fingerprint density at radius 2 is 1.95 bits per heavy atom. The standard InChI is InChI=1S/C15H27N3O/c1-11-17-13(19-18-11)15(4,5)16-10-12-6-8-14(2,3)9-7-12/h12,16H,6-10H2,1-5H3. The number of aryl methyl sites for hydroxylation is 1. The van der Waals surface area contributed by atoms with E-state index >= 15 is 0 Å². The second-order valence-electron chi connectivity index (χ2n) is 7.26. The molecule has 1 aromatic heterocycles. The lowest BCUT2D eigenvalue weighted by Crippen LogP contribution is -2.41. The van der Waals surface area contributed by atoms with Gasteiger partial charge in [0.15, 0.2) is 5.82 Å². The van der Waals surface area contributed by atoms with Gasteiger partial charge in [-0.1, -0.05) is 19.0 Å². The van der Waals surface area contributed by atoms with E-state index in [1.54, 1.807) is 0 Å². The summed E-state index contributed by atoms with van der Waals surface area (Å²) in [5, 5.41) is 7.46. The molecular weight excluding hydrogens is 238 g/mol. The van der Waals surface area contributed by atoms with Crippen LogP contribution >= 0.6 is 0 Å². The fraction of sp³-hybridized carbons (Fsp3) is 0.867. The minimum absolute atomic E-state index is 0.242. The van der Waals surface area contributed by atoms with Gasteiger partial charge in [-0.25, -0.2) is 0 Å². The fourth-order valence-electron chi connectivity index (χ4n) is 2.69. The monoisotopic (exact) mass is 265 g/mol. The van der Waals surface area contributed by atoms with E-state index in [9.17, 15) is 0 Å². The molecule has 0 aliphatic heterocycles. The summed E-state index contributed by atoms with van der Waals surface area (Å²) in [7, 11) is 0. The highest BCUT2D eigenvalue weighted by Crippen LogP contribution is 2.37. The average Bonchev–Trinajstić information content (AvgIpc) is 2.75. The first kappa shape index (κ1) is 14.5. The first-order valence-corrected chi connectivity index (χ1v) is 7.34. The summed E-state index contributed by atoms with van der Waals surface area (Å²) in [6, 6.07) is 0. The first-order valence-electron chi connectivity index (χ1n) is 7.34. The predicted octanol–water partition coefficient (Wildman–Crippen LogP) is 3.42. The van der Waals surface area contributed by atoms with Crippen molar-refractivity contribution >= 4 is 0 Å². The quantitative estimate of drug-likeness (QED) is 0.906. The highest BCUT2D eigenvalue weighted by Gasteiger charge is 2.30.